The lowest BCUT2D eigenvalue weighted by Gasteiger charge is -2.33. The zero-order chi connectivity index (χ0) is 58.4. The lowest BCUT2D eigenvalue weighted by molar-refractivity contribution is -0.255. The van der Waals surface area contributed by atoms with Gasteiger partial charge >= 0.3 is 5.97 Å². The van der Waals surface area contributed by atoms with Crippen molar-refractivity contribution in [3.8, 4) is 0 Å². The summed E-state index contributed by atoms with van der Waals surface area (Å²) in [7, 11) is 2.82. The Hall–Kier alpha value is -5.96. The van der Waals surface area contributed by atoms with E-state index in [1.165, 1.54) is 23.6 Å². The highest BCUT2D eigenvalue weighted by Gasteiger charge is 2.44. The van der Waals surface area contributed by atoms with Gasteiger partial charge < -0.3 is 74.0 Å². The van der Waals surface area contributed by atoms with Gasteiger partial charge in [-0.1, -0.05) is 41.9 Å². The number of hydrogen-bond donors (Lipinski definition) is 12. The third-order valence-corrected chi connectivity index (χ3v) is 16.0. The highest BCUT2D eigenvalue weighted by Crippen LogP contribution is 2.27. The number of fused-ring (bicyclic) bond motifs is 2. The number of aliphatic hydroxyl groups excluding tert-OH is 2. The Morgan fingerprint density at radius 1 is 0.769 bits per heavy atom. The number of hydrogen-bond acceptors (Lipinski definition) is 20. The highest BCUT2D eigenvalue weighted by atomic mass is 33.1. The molecule has 3 saturated heterocycles. The molecule has 0 unspecified atom stereocenters. The second kappa shape index (κ2) is 32.8. The van der Waals surface area contributed by atoms with Crippen molar-refractivity contribution >= 4 is 110 Å². The summed E-state index contributed by atoms with van der Waals surface area (Å²) in [4.78, 5) is 188. The Labute approximate surface area is 462 Å². The smallest absolute Gasteiger partial charge is 0.344 e. The summed E-state index contributed by atoms with van der Waals surface area (Å²) >= 11 is 1.31. The van der Waals surface area contributed by atoms with Crippen LogP contribution in [0.2, 0.25) is 0 Å². The van der Waals surface area contributed by atoms with E-state index in [4.69, 9.17) is 11.5 Å². The summed E-state index contributed by atoms with van der Waals surface area (Å²) < 4.78 is 0. The minimum absolute atomic E-state index is 0.0324. The lowest BCUT2D eigenvalue weighted by atomic mass is 9.96. The number of nitrogens with two attached hydrogens (primary N) is 2. The Morgan fingerprint density at radius 3 is 1.90 bits per heavy atom. The third kappa shape index (κ3) is 20.0. The van der Waals surface area contributed by atoms with Crippen molar-refractivity contribution in [2.45, 2.75) is 152 Å². The number of thioether (sulfide) groups is 1. The molecule has 0 saturated carbocycles. The largest absolute Gasteiger partial charge is 0.394 e. The second-order valence-corrected chi connectivity index (χ2v) is 22.3. The Morgan fingerprint density at radius 2 is 1.35 bits per heavy atom. The van der Waals surface area contributed by atoms with E-state index in [1.54, 1.807) is 20.1 Å². The summed E-state index contributed by atoms with van der Waals surface area (Å²) in [5.74, 6) is -13.0. The maximum absolute atomic E-state index is 14.7. The van der Waals surface area contributed by atoms with Crippen LogP contribution in [0.15, 0.2) is 0 Å². The molecule has 0 radical (unpaired) electrons. The third-order valence-electron chi connectivity index (χ3n) is 13.0. The molecular weight excluding hydrogens is 1090 g/mol. The van der Waals surface area contributed by atoms with Gasteiger partial charge in [0.05, 0.1) is 26.2 Å². The number of carbonyl (C=O) groups is 13. The first-order valence-corrected chi connectivity index (χ1v) is 29.1. The molecule has 14 N–H and O–H groups in total. The number of rotatable bonds is 19. The molecule has 0 aromatic rings. The summed E-state index contributed by atoms with van der Waals surface area (Å²) in [5.41, 5.74) is 11.1. The van der Waals surface area contributed by atoms with Gasteiger partial charge in [-0.05, 0) is 63.4 Å². The van der Waals surface area contributed by atoms with Crippen molar-refractivity contribution in [2.75, 3.05) is 50.3 Å². The predicted octanol–water partition coefficient (Wildman–Crippen LogP) is -5.32. The molecule has 0 spiro atoms. The van der Waals surface area contributed by atoms with E-state index in [2.05, 4.69) is 52.3 Å². The Balaban J connectivity index is 2.17. The molecular formula is C46H74N12O17S3. The zero-order valence-electron chi connectivity index (χ0n) is 44.3. The van der Waals surface area contributed by atoms with Crippen molar-refractivity contribution < 1.29 is 82.3 Å². The lowest BCUT2D eigenvalue weighted by Crippen LogP contribution is -2.62. The van der Waals surface area contributed by atoms with Crippen LogP contribution in [0.4, 0.5) is 0 Å². The Bertz CT molecular complexity index is 2200. The van der Waals surface area contributed by atoms with Crippen molar-refractivity contribution in [1.82, 2.24) is 52.3 Å². The van der Waals surface area contributed by atoms with E-state index in [-0.39, 0.29) is 56.0 Å². The zero-order valence-corrected chi connectivity index (χ0v) is 46.8. The van der Waals surface area contributed by atoms with Gasteiger partial charge in [0.1, 0.15) is 60.4 Å². The maximum Gasteiger partial charge on any atom is 0.344 e. The van der Waals surface area contributed by atoms with Crippen molar-refractivity contribution in [3.05, 3.63) is 0 Å². The van der Waals surface area contributed by atoms with E-state index >= 15 is 0 Å². The molecule has 0 aromatic heterocycles. The minimum atomic E-state index is -1.75. The van der Waals surface area contributed by atoms with Gasteiger partial charge in [-0.15, -0.1) is 0 Å². The first-order chi connectivity index (χ1) is 36.9. The van der Waals surface area contributed by atoms with E-state index in [0.717, 1.165) is 40.5 Å². The van der Waals surface area contributed by atoms with E-state index in [1.807, 2.05) is 0 Å². The fourth-order valence-corrected chi connectivity index (χ4v) is 11.3. The average Bonchev–Trinajstić information content (AvgIpc) is 4.10. The van der Waals surface area contributed by atoms with Crippen molar-refractivity contribution in [2.24, 2.45) is 17.4 Å². The standard InChI is InChI=1S/C46H74N12O17S3/c1-7-22(2)35-46(73)58-16-9-11-32(58)43(70)56-36(23(3)60)44(71)53-29(37(48)64)20-77-78-21-30(54-38(65)25(12-13-33(47)62)50-41(68)28(19-59)49-24(4)61)45(72)57-15-8-10-31(57)42(69)51-26(14-17-76-6)39(66)52-27(40(67)55-35)18-34(63)75-74-5/h22-23,25-32,35-36,59-60H,7-21H2,1-6H3,(H2,47,62)(H2,48,64)(H,49,61)(H,50,68)(H,51,69)(H,52,66)(H,53,71)(H,54,65)(H,55,67)(H,56,70)/t22-,23+,25-,26-,27-,28-,29-,30-,31-,32-,35-,36-/m0/s1. The molecule has 3 fully saturated rings. The molecule has 12 atom stereocenters. The highest BCUT2D eigenvalue weighted by molar-refractivity contribution is 8.76. The van der Waals surface area contributed by atoms with Crippen molar-refractivity contribution in [1.29, 1.82) is 0 Å². The van der Waals surface area contributed by atoms with Crippen LogP contribution in [0.3, 0.4) is 0 Å². The molecule has 32 heteroatoms. The van der Waals surface area contributed by atoms with E-state index in [9.17, 15) is 72.5 Å². The fourth-order valence-electron chi connectivity index (χ4n) is 8.53. The molecule has 3 rings (SSSR count). The van der Waals surface area contributed by atoms with E-state index in [0.29, 0.717) is 12.8 Å². The number of amides is 12. The number of nitrogens with one attached hydrogen (secondary N) is 8. The normalized spacial score (nSPS) is 26.0. The average molecular weight is 1160 g/mol. The van der Waals surface area contributed by atoms with Crippen LogP contribution >= 0.6 is 33.3 Å². The molecule has 78 heavy (non-hydrogen) atoms. The van der Waals surface area contributed by atoms with Crippen LogP contribution in [0.25, 0.3) is 0 Å². The molecule has 3 heterocycles. The summed E-state index contributed by atoms with van der Waals surface area (Å²) in [6.07, 6.45) is -0.537. The molecule has 12 amide bonds. The summed E-state index contributed by atoms with van der Waals surface area (Å²) in [6, 6.07) is -14.8. The molecule has 0 aliphatic carbocycles. The van der Waals surface area contributed by atoms with Crippen LogP contribution in [0.5, 0.6) is 0 Å². The van der Waals surface area contributed by atoms with Crippen LogP contribution in [0, 0.1) is 5.92 Å². The fraction of sp³-hybridized carbons (Fsp3) is 0.717. The minimum Gasteiger partial charge on any atom is -0.394 e. The van der Waals surface area contributed by atoms with Gasteiger partial charge in [0.25, 0.3) is 0 Å². The Kier molecular flexibility index (Phi) is 27.9. The van der Waals surface area contributed by atoms with Gasteiger partial charge in [0.2, 0.25) is 70.9 Å². The maximum atomic E-state index is 14.7. The quantitative estimate of drug-likeness (QED) is 0.0326. The van der Waals surface area contributed by atoms with Crippen LogP contribution in [0.1, 0.15) is 85.5 Å². The molecule has 0 aromatic carbocycles. The second-order valence-electron chi connectivity index (χ2n) is 18.8. The predicted molar refractivity (Wildman–Crippen MR) is 282 cm³/mol. The first kappa shape index (κ1) is 66.3. The van der Waals surface area contributed by atoms with Gasteiger partial charge in [0.15, 0.2) is 0 Å². The van der Waals surface area contributed by atoms with Gasteiger partial charge in [-0.3, -0.25) is 62.4 Å². The summed E-state index contributed by atoms with van der Waals surface area (Å²) in [5, 5.41) is 40.3. The van der Waals surface area contributed by atoms with E-state index < -0.39 is 175 Å². The molecule has 0 bridgehead atoms. The van der Waals surface area contributed by atoms with Crippen molar-refractivity contribution in [3.63, 3.8) is 0 Å². The number of primary amides is 2. The van der Waals surface area contributed by atoms with Gasteiger partial charge in [0, 0.05) is 37.9 Å². The monoisotopic (exact) mass is 1160 g/mol. The SMILES string of the molecule is CC[C@H](C)[C@@H]1NC(=O)[C@H](CC(=O)OOC)NC(=O)[C@H](CCSC)NC(=O)[C@@H]2CCCN2C(=O)[C@@H](NC(=O)[C@H](CCC(N)=O)NC(=O)[C@H](CO)NC(C)=O)CSSC[C@@H](C(N)=O)NC(=O)[C@H]([C@@H](C)O)NC(=O)[C@@H]2CCCN2C1=O. The molecule has 438 valence electrons. The van der Waals surface area contributed by atoms with Crippen LogP contribution in [-0.4, -0.2) is 214 Å². The molecule has 3 aliphatic heterocycles. The molecule has 3 aliphatic rings. The molecule has 29 nitrogen and oxygen atoms in total. The topological polar surface area (TPSA) is 436 Å². The van der Waals surface area contributed by atoms with Crippen LogP contribution < -0.4 is 54.0 Å². The van der Waals surface area contributed by atoms with Gasteiger partial charge in [-0.25, -0.2) is 4.79 Å². The summed E-state index contributed by atoms with van der Waals surface area (Å²) in [6.45, 7) is 4.76. The van der Waals surface area contributed by atoms with Gasteiger partial charge in [-0.2, -0.15) is 16.6 Å². The van der Waals surface area contributed by atoms with Crippen LogP contribution in [-0.2, 0) is 72.1 Å². The number of carbonyl (C=O) groups excluding carboxylic acids is 13. The first-order valence-electron chi connectivity index (χ1n) is 25.2. The number of aliphatic hydroxyl groups is 2. The number of nitrogens with zero attached hydrogens (tertiary/aromatic N) is 2.